The number of carboxylic acid groups (broad SMARTS) is 1. The quantitative estimate of drug-likeness (QED) is 0.567. The molecule has 0 radical (unpaired) electrons. The van der Waals surface area contributed by atoms with E-state index in [1.54, 1.807) is 23.3 Å². The molecule has 1 aromatic rings. The van der Waals surface area contributed by atoms with Crippen LogP contribution in [0.3, 0.4) is 0 Å². The van der Waals surface area contributed by atoms with E-state index in [1.807, 2.05) is 0 Å². The summed E-state index contributed by atoms with van der Waals surface area (Å²) < 4.78 is 23.8. The third-order valence-corrected chi connectivity index (χ3v) is 3.57. The van der Waals surface area contributed by atoms with Crippen molar-refractivity contribution >= 4 is 21.8 Å². The smallest absolute Gasteiger partial charge is 0.326 e. The van der Waals surface area contributed by atoms with Crippen LogP contribution in [-0.4, -0.2) is 59.7 Å². The Hall–Kier alpha value is -2.10. The van der Waals surface area contributed by atoms with Gasteiger partial charge in [0.1, 0.15) is 15.9 Å². The van der Waals surface area contributed by atoms with Gasteiger partial charge in [0, 0.05) is 31.7 Å². The molecule has 1 atom stereocenters. The van der Waals surface area contributed by atoms with Crippen LogP contribution >= 0.6 is 0 Å². The Kier molecular flexibility index (Phi) is 6.15. The molecule has 0 saturated carbocycles. The average Bonchev–Trinajstić information content (AvgIpc) is 2.86. The van der Waals surface area contributed by atoms with Gasteiger partial charge in [-0.05, 0) is 6.42 Å². The van der Waals surface area contributed by atoms with Crippen LogP contribution in [0.25, 0.3) is 0 Å². The maximum absolute atomic E-state index is 11.6. The number of imidazole rings is 1. The Morgan fingerprint density at radius 2 is 2.14 bits per heavy atom. The van der Waals surface area contributed by atoms with Gasteiger partial charge in [0.25, 0.3) is 0 Å². The standard InChI is InChI=1S/C11H18N4O5S/c1-21(19,20)7-2-9(10(16)17)14-11(18)13-4-6-15-5-3-12-8-15/h3,5,8-9H,2,4,6-7H2,1H3,(H,16,17)(H2,13,14,18). The summed E-state index contributed by atoms with van der Waals surface area (Å²) in [6.45, 7) is 0.787. The van der Waals surface area contributed by atoms with Crippen molar-refractivity contribution < 1.29 is 23.1 Å². The molecule has 1 heterocycles. The van der Waals surface area contributed by atoms with Gasteiger partial charge in [0.05, 0.1) is 12.1 Å². The van der Waals surface area contributed by atoms with Gasteiger partial charge in [0.2, 0.25) is 0 Å². The molecule has 0 aliphatic heterocycles. The largest absolute Gasteiger partial charge is 0.480 e. The number of carbonyl (C=O) groups excluding carboxylic acids is 1. The van der Waals surface area contributed by atoms with Crippen LogP contribution in [-0.2, 0) is 21.2 Å². The third kappa shape index (κ3) is 7.30. The lowest BCUT2D eigenvalue weighted by atomic mass is 10.2. The summed E-state index contributed by atoms with van der Waals surface area (Å²) in [5.41, 5.74) is 0. The minimum absolute atomic E-state index is 0.177. The number of sulfone groups is 1. The Balaban J connectivity index is 2.36. The zero-order valence-electron chi connectivity index (χ0n) is 11.5. The van der Waals surface area contributed by atoms with Crippen LogP contribution in [0.5, 0.6) is 0 Å². The van der Waals surface area contributed by atoms with Crippen LogP contribution in [0, 0.1) is 0 Å². The van der Waals surface area contributed by atoms with Gasteiger partial charge in [0.15, 0.2) is 0 Å². The highest BCUT2D eigenvalue weighted by atomic mass is 32.2. The van der Waals surface area contributed by atoms with E-state index in [-0.39, 0.29) is 12.2 Å². The maximum atomic E-state index is 11.6. The summed E-state index contributed by atoms with van der Waals surface area (Å²) in [6, 6.07) is -1.90. The molecule has 10 heteroatoms. The average molecular weight is 318 g/mol. The number of carboxylic acids is 1. The molecule has 0 aliphatic carbocycles. The summed E-state index contributed by atoms with van der Waals surface area (Å²) in [5.74, 6) is -1.58. The van der Waals surface area contributed by atoms with E-state index in [0.29, 0.717) is 13.1 Å². The van der Waals surface area contributed by atoms with Gasteiger partial charge in [-0.3, -0.25) is 0 Å². The minimum Gasteiger partial charge on any atom is -0.480 e. The molecular weight excluding hydrogens is 300 g/mol. The highest BCUT2D eigenvalue weighted by molar-refractivity contribution is 7.90. The number of urea groups is 1. The Morgan fingerprint density at radius 3 is 2.67 bits per heavy atom. The highest BCUT2D eigenvalue weighted by Crippen LogP contribution is 1.97. The van der Waals surface area contributed by atoms with Crippen molar-refractivity contribution in [3.05, 3.63) is 18.7 Å². The molecular formula is C11H18N4O5S. The summed E-state index contributed by atoms with van der Waals surface area (Å²) in [5, 5.41) is 13.7. The molecule has 0 saturated heterocycles. The van der Waals surface area contributed by atoms with E-state index in [1.165, 1.54) is 0 Å². The SMILES string of the molecule is CS(=O)(=O)CCC(NC(=O)NCCn1ccnc1)C(=O)O. The molecule has 1 rings (SSSR count). The van der Waals surface area contributed by atoms with Crippen LogP contribution in [0.2, 0.25) is 0 Å². The lowest BCUT2D eigenvalue weighted by Gasteiger charge is -2.14. The van der Waals surface area contributed by atoms with Crippen molar-refractivity contribution in [2.24, 2.45) is 0 Å². The summed E-state index contributed by atoms with van der Waals surface area (Å²) in [4.78, 5) is 26.4. The second kappa shape index (κ2) is 7.62. The number of amides is 2. The maximum Gasteiger partial charge on any atom is 0.326 e. The molecule has 0 aromatic carbocycles. The summed E-state index contributed by atoms with van der Waals surface area (Å²) in [6.07, 6.45) is 5.75. The first-order chi connectivity index (χ1) is 9.78. The molecule has 0 spiro atoms. The second-order valence-corrected chi connectivity index (χ2v) is 6.77. The fraction of sp³-hybridized carbons (Fsp3) is 0.545. The number of hydrogen-bond donors (Lipinski definition) is 3. The molecule has 3 N–H and O–H groups in total. The fourth-order valence-corrected chi connectivity index (χ4v) is 2.18. The van der Waals surface area contributed by atoms with E-state index in [4.69, 9.17) is 5.11 Å². The number of nitrogens with one attached hydrogen (secondary N) is 2. The number of nitrogens with zero attached hydrogens (tertiary/aromatic N) is 2. The Bertz CT molecular complexity index is 569. The van der Waals surface area contributed by atoms with Gasteiger partial charge in [-0.2, -0.15) is 0 Å². The van der Waals surface area contributed by atoms with Crippen LogP contribution in [0.4, 0.5) is 4.79 Å². The van der Waals surface area contributed by atoms with Crippen molar-refractivity contribution in [3.8, 4) is 0 Å². The molecule has 2 amide bonds. The number of aliphatic carboxylic acids is 1. The van der Waals surface area contributed by atoms with E-state index >= 15 is 0 Å². The van der Waals surface area contributed by atoms with Crippen molar-refractivity contribution in [2.45, 2.75) is 19.0 Å². The first kappa shape index (κ1) is 17.0. The summed E-state index contributed by atoms with van der Waals surface area (Å²) >= 11 is 0. The lowest BCUT2D eigenvalue weighted by Crippen LogP contribution is -2.47. The Labute approximate surface area is 122 Å². The zero-order chi connectivity index (χ0) is 15.9. The van der Waals surface area contributed by atoms with Crippen molar-refractivity contribution in [3.63, 3.8) is 0 Å². The second-order valence-electron chi connectivity index (χ2n) is 4.51. The minimum atomic E-state index is -3.28. The molecule has 0 aliphatic rings. The van der Waals surface area contributed by atoms with Gasteiger partial charge in [-0.25, -0.2) is 23.0 Å². The van der Waals surface area contributed by atoms with E-state index < -0.39 is 27.9 Å². The first-order valence-corrected chi connectivity index (χ1v) is 8.24. The van der Waals surface area contributed by atoms with Crippen molar-refractivity contribution in [1.82, 2.24) is 20.2 Å². The predicted octanol–water partition coefficient (Wildman–Crippen LogP) is -0.930. The van der Waals surface area contributed by atoms with Crippen LogP contribution < -0.4 is 10.6 Å². The monoisotopic (exact) mass is 318 g/mol. The van der Waals surface area contributed by atoms with Crippen molar-refractivity contribution in [1.29, 1.82) is 0 Å². The first-order valence-electron chi connectivity index (χ1n) is 6.18. The van der Waals surface area contributed by atoms with Crippen molar-refractivity contribution in [2.75, 3.05) is 18.6 Å². The van der Waals surface area contributed by atoms with Gasteiger partial charge >= 0.3 is 12.0 Å². The number of carbonyl (C=O) groups is 2. The van der Waals surface area contributed by atoms with Gasteiger partial charge in [-0.1, -0.05) is 0 Å². The third-order valence-electron chi connectivity index (χ3n) is 2.60. The molecule has 1 unspecified atom stereocenters. The topological polar surface area (TPSA) is 130 Å². The predicted molar refractivity (Wildman–Crippen MR) is 74.5 cm³/mol. The van der Waals surface area contributed by atoms with Gasteiger partial charge in [-0.15, -0.1) is 0 Å². The molecule has 0 bridgehead atoms. The Morgan fingerprint density at radius 1 is 1.43 bits per heavy atom. The normalized spacial score (nSPS) is 12.6. The van der Waals surface area contributed by atoms with E-state index in [2.05, 4.69) is 15.6 Å². The molecule has 21 heavy (non-hydrogen) atoms. The van der Waals surface area contributed by atoms with E-state index in [9.17, 15) is 18.0 Å². The highest BCUT2D eigenvalue weighted by Gasteiger charge is 2.21. The molecule has 1 aromatic heterocycles. The molecule has 118 valence electrons. The number of aromatic nitrogens is 2. The molecule has 0 fully saturated rings. The summed E-state index contributed by atoms with van der Waals surface area (Å²) in [7, 11) is -3.28. The van der Waals surface area contributed by atoms with Gasteiger partial charge < -0.3 is 20.3 Å². The van der Waals surface area contributed by atoms with Crippen LogP contribution in [0.15, 0.2) is 18.7 Å². The number of rotatable bonds is 8. The zero-order valence-corrected chi connectivity index (χ0v) is 12.3. The van der Waals surface area contributed by atoms with E-state index in [0.717, 1.165) is 6.26 Å². The molecule has 9 nitrogen and oxygen atoms in total. The lowest BCUT2D eigenvalue weighted by molar-refractivity contribution is -0.139. The number of hydrogen-bond acceptors (Lipinski definition) is 5. The fourth-order valence-electron chi connectivity index (χ4n) is 1.52. The van der Waals surface area contributed by atoms with Crippen LogP contribution in [0.1, 0.15) is 6.42 Å².